The Hall–Kier alpha value is -1.75. The van der Waals surface area contributed by atoms with Crippen molar-refractivity contribution in [1.29, 1.82) is 0 Å². The van der Waals surface area contributed by atoms with E-state index in [-0.39, 0.29) is 54.5 Å². The summed E-state index contributed by atoms with van der Waals surface area (Å²) in [5.41, 5.74) is 0. The van der Waals surface area contributed by atoms with Crippen molar-refractivity contribution >= 4 is 33.5 Å². The first-order valence-corrected chi connectivity index (χ1v) is 11.6. The molecule has 0 saturated carbocycles. The number of sulfonamides is 1. The van der Waals surface area contributed by atoms with Gasteiger partial charge in [0.25, 0.3) is 0 Å². The fourth-order valence-electron chi connectivity index (χ4n) is 3.82. The van der Waals surface area contributed by atoms with Crippen molar-refractivity contribution in [1.82, 2.24) is 14.1 Å². The molecule has 0 aromatic heterocycles. The standard InChI is InChI=1S/C19H25ClFN3O5S/c1-29-19(26)17-4-2-3-7-23(17)13-18(25)22-8-10-24(11-9-22)30(27,28)14-5-6-16(21)15(20)12-14/h5-6,12,17H,2-4,7-11,13H2,1H3. The van der Waals surface area contributed by atoms with E-state index in [0.717, 1.165) is 25.0 Å². The summed E-state index contributed by atoms with van der Waals surface area (Å²) in [6.07, 6.45) is 2.48. The number of methoxy groups -OCH3 is 1. The number of rotatable bonds is 5. The van der Waals surface area contributed by atoms with Crippen molar-refractivity contribution in [2.24, 2.45) is 0 Å². The van der Waals surface area contributed by atoms with Crippen molar-refractivity contribution in [3.8, 4) is 0 Å². The van der Waals surface area contributed by atoms with E-state index in [1.807, 2.05) is 4.90 Å². The number of piperazine rings is 1. The summed E-state index contributed by atoms with van der Waals surface area (Å²) in [5, 5.41) is -0.258. The Kier molecular flexibility index (Phi) is 7.33. The predicted molar refractivity (Wildman–Crippen MR) is 108 cm³/mol. The molecule has 2 saturated heterocycles. The molecule has 2 aliphatic rings. The molecule has 2 aliphatic heterocycles. The summed E-state index contributed by atoms with van der Waals surface area (Å²) in [6.45, 7) is 1.48. The van der Waals surface area contributed by atoms with Crippen LogP contribution in [0.1, 0.15) is 19.3 Å². The molecule has 0 radical (unpaired) electrons. The van der Waals surface area contributed by atoms with E-state index in [1.54, 1.807) is 4.90 Å². The van der Waals surface area contributed by atoms with Gasteiger partial charge in [-0.05, 0) is 37.6 Å². The zero-order valence-electron chi connectivity index (χ0n) is 16.7. The maximum absolute atomic E-state index is 13.3. The topological polar surface area (TPSA) is 87.2 Å². The SMILES string of the molecule is COC(=O)C1CCCCN1CC(=O)N1CCN(S(=O)(=O)c2ccc(F)c(Cl)c2)CC1. The van der Waals surface area contributed by atoms with E-state index in [2.05, 4.69) is 0 Å². The largest absolute Gasteiger partial charge is 0.468 e. The number of amides is 1. The van der Waals surface area contributed by atoms with E-state index in [1.165, 1.54) is 17.5 Å². The molecule has 30 heavy (non-hydrogen) atoms. The van der Waals surface area contributed by atoms with E-state index >= 15 is 0 Å². The number of halogens is 2. The van der Waals surface area contributed by atoms with Gasteiger partial charge in [-0.25, -0.2) is 12.8 Å². The Morgan fingerprint density at radius 3 is 2.50 bits per heavy atom. The first kappa shape index (κ1) is 22.9. The minimum absolute atomic E-state index is 0.0806. The maximum Gasteiger partial charge on any atom is 0.323 e. The summed E-state index contributed by atoms with van der Waals surface area (Å²) < 4.78 is 45.0. The highest BCUT2D eigenvalue weighted by Gasteiger charge is 2.34. The molecule has 8 nitrogen and oxygen atoms in total. The Balaban J connectivity index is 1.60. The highest BCUT2D eigenvalue weighted by atomic mass is 35.5. The average Bonchev–Trinajstić information content (AvgIpc) is 2.75. The Morgan fingerprint density at radius 2 is 1.87 bits per heavy atom. The summed E-state index contributed by atoms with van der Waals surface area (Å²) in [6, 6.07) is 2.87. The summed E-state index contributed by atoms with van der Waals surface area (Å²) in [4.78, 5) is 28.1. The lowest BCUT2D eigenvalue weighted by Gasteiger charge is -2.37. The quantitative estimate of drug-likeness (QED) is 0.615. The van der Waals surface area contributed by atoms with Crippen molar-refractivity contribution in [2.75, 3.05) is 46.4 Å². The van der Waals surface area contributed by atoms with Crippen LogP contribution in [0, 0.1) is 5.82 Å². The van der Waals surface area contributed by atoms with Crippen LogP contribution in [0.5, 0.6) is 0 Å². The second-order valence-electron chi connectivity index (χ2n) is 7.37. The monoisotopic (exact) mass is 461 g/mol. The van der Waals surface area contributed by atoms with Crippen LogP contribution in [0.4, 0.5) is 4.39 Å². The fraction of sp³-hybridized carbons (Fsp3) is 0.579. The molecular weight excluding hydrogens is 437 g/mol. The van der Waals surface area contributed by atoms with Crippen LogP contribution >= 0.6 is 11.6 Å². The molecule has 1 unspecified atom stereocenters. The number of nitrogens with zero attached hydrogens (tertiary/aromatic N) is 3. The van der Waals surface area contributed by atoms with Crippen molar-refractivity contribution in [2.45, 2.75) is 30.2 Å². The van der Waals surface area contributed by atoms with Gasteiger partial charge in [0.05, 0.1) is 23.6 Å². The molecule has 166 valence electrons. The number of carbonyl (C=O) groups excluding carboxylic acids is 2. The van der Waals surface area contributed by atoms with Crippen molar-refractivity contribution in [3.05, 3.63) is 29.0 Å². The van der Waals surface area contributed by atoms with Gasteiger partial charge in [-0.3, -0.25) is 14.5 Å². The third-order valence-electron chi connectivity index (χ3n) is 5.55. The Bertz CT molecular complexity index is 905. The maximum atomic E-state index is 13.3. The normalized spacial score (nSPS) is 21.4. The molecule has 1 amide bonds. The predicted octanol–water partition coefficient (Wildman–Crippen LogP) is 1.34. The van der Waals surface area contributed by atoms with Gasteiger partial charge in [-0.15, -0.1) is 0 Å². The molecule has 0 bridgehead atoms. The number of carbonyl (C=O) groups is 2. The van der Waals surface area contributed by atoms with E-state index < -0.39 is 21.9 Å². The molecule has 1 aromatic carbocycles. The van der Waals surface area contributed by atoms with Gasteiger partial charge in [-0.2, -0.15) is 4.31 Å². The molecule has 0 N–H and O–H groups in total. The molecule has 2 fully saturated rings. The molecule has 3 rings (SSSR count). The number of ether oxygens (including phenoxy) is 1. The minimum atomic E-state index is -3.83. The molecule has 0 aliphatic carbocycles. The zero-order chi connectivity index (χ0) is 21.9. The van der Waals surface area contributed by atoms with Gasteiger partial charge in [0.15, 0.2) is 0 Å². The van der Waals surface area contributed by atoms with Crippen molar-refractivity contribution in [3.63, 3.8) is 0 Å². The molecule has 1 atom stereocenters. The van der Waals surface area contributed by atoms with Crippen molar-refractivity contribution < 1.29 is 27.1 Å². The third-order valence-corrected chi connectivity index (χ3v) is 7.73. The number of likely N-dealkylation sites (tertiary alicyclic amines) is 1. The highest BCUT2D eigenvalue weighted by molar-refractivity contribution is 7.89. The first-order chi connectivity index (χ1) is 14.2. The minimum Gasteiger partial charge on any atom is -0.468 e. The lowest BCUT2D eigenvalue weighted by atomic mass is 10.0. The first-order valence-electron chi connectivity index (χ1n) is 9.79. The number of piperidine rings is 1. The summed E-state index contributed by atoms with van der Waals surface area (Å²) in [5.74, 6) is -1.17. The Labute approximate surface area is 180 Å². The number of hydrogen-bond acceptors (Lipinski definition) is 6. The second-order valence-corrected chi connectivity index (χ2v) is 9.71. The zero-order valence-corrected chi connectivity index (χ0v) is 18.3. The van der Waals surface area contributed by atoms with Gasteiger partial charge in [0, 0.05) is 26.2 Å². The third kappa shape index (κ3) is 4.93. The summed E-state index contributed by atoms with van der Waals surface area (Å²) >= 11 is 5.71. The van der Waals surface area contributed by atoms with Gasteiger partial charge in [0.1, 0.15) is 11.9 Å². The van der Waals surface area contributed by atoms with Crippen LogP contribution < -0.4 is 0 Å². The molecule has 11 heteroatoms. The molecule has 2 heterocycles. The van der Waals surface area contributed by atoms with Crippen LogP contribution in [-0.4, -0.2) is 86.8 Å². The van der Waals surface area contributed by atoms with Crippen LogP contribution in [0.2, 0.25) is 5.02 Å². The number of hydrogen-bond donors (Lipinski definition) is 0. The molecular formula is C19H25ClFN3O5S. The fourth-order valence-corrected chi connectivity index (χ4v) is 5.52. The highest BCUT2D eigenvalue weighted by Crippen LogP contribution is 2.23. The van der Waals surface area contributed by atoms with Gasteiger partial charge >= 0.3 is 5.97 Å². The van der Waals surface area contributed by atoms with E-state index in [4.69, 9.17) is 16.3 Å². The Morgan fingerprint density at radius 1 is 1.17 bits per heavy atom. The van der Waals surface area contributed by atoms with Crippen LogP contribution in [0.15, 0.2) is 23.1 Å². The van der Waals surface area contributed by atoms with Gasteiger partial charge < -0.3 is 9.64 Å². The van der Waals surface area contributed by atoms with E-state index in [0.29, 0.717) is 13.0 Å². The second kappa shape index (κ2) is 9.59. The molecule has 1 aromatic rings. The van der Waals surface area contributed by atoms with E-state index in [9.17, 15) is 22.4 Å². The average molecular weight is 462 g/mol. The van der Waals surface area contributed by atoms with Gasteiger partial charge in [-0.1, -0.05) is 18.0 Å². The van der Waals surface area contributed by atoms with Gasteiger partial charge in [0.2, 0.25) is 15.9 Å². The summed E-state index contributed by atoms with van der Waals surface area (Å²) in [7, 11) is -2.49. The van der Waals surface area contributed by atoms with Crippen LogP contribution in [0.25, 0.3) is 0 Å². The van der Waals surface area contributed by atoms with Crippen LogP contribution in [0.3, 0.4) is 0 Å². The number of esters is 1. The lowest BCUT2D eigenvalue weighted by molar-refractivity contribution is -0.149. The number of benzene rings is 1. The smallest absolute Gasteiger partial charge is 0.323 e. The molecule has 0 spiro atoms. The lowest BCUT2D eigenvalue weighted by Crippen LogP contribution is -2.54. The van der Waals surface area contributed by atoms with Crippen LogP contribution in [-0.2, 0) is 24.3 Å².